The number of hydrogen-bond donors (Lipinski definition) is 2. The molecule has 22 heavy (non-hydrogen) atoms. The van der Waals surface area contributed by atoms with Gasteiger partial charge in [-0.15, -0.1) is 0 Å². The Morgan fingerprint density at radius 1 is 1.27 bits per heavy atom. The summed E-state index contributed by atoms with van der Waals surface area (Å²) in [5.41, 5.74) is 1.99. The lowest BCUT2D eigenvalue weighted by Crippen LogP contribution is -2.33. The third kappa shape index (κ3) is 3.98. The number of likely N-dealkylation sites (tertiary alicyclic amines) is 1. The van der Waals surface area contributed by atoms with Gasteiger partial charge in [-0.2, -0.15) is 0 Å². The van der Waals surface area contributed by atoms with E-state index in [2.05, 4.69) is 10.6 Å². The molecule has 0 aromatic heterocycles. The minimum Gasteiger partial charge on any atom is -0.383 e. The first-order chi connectivity index (χ1) is 10.6. The van der Waals surface area contributed by atoms with E-state index in [9.17, 15) is 9.59 Å². The lowest BCUT2D eigenvalue weighted by molar-refractivity contribution is 0.0793. The molecule has 0 spiro atoms. The quantitative estimate of drug-likeness (QED) is 0.817. The fraction of sp³-hybridized carbons (Fsp3) is 0.500. The molecule has 0 saturated carbocycles. The Kier molecular flexibility index (Phi) is 5.77. The summed E-state index contributed by atoms with van der Waals surface area (Å²) in [7, 11) is 1.58. The van der Waals surface area contributed by atoms with Crippen molar-refractivity contribution in [2.45, 2.75) is 19.8 Å². The molecular formula is C16H23N3O3. The van der Waals surface area contributed by atoms with Crippen LogP contribution in [-0.2, 0) is 4.74 Å². The van der Waals surface area contributed by atoms with Gasteiger partial charge in [0.1, 0.15) is 0 Å². The van der Waals surface area contributed by atoms with Crippen LogP contribution in [-0.4, -0.2) is 50.2 Å². The zero-order valence-corrected chi connectivity index (χ0v) is 13.1. The second kappa shape index (κ2) is 7.79. The van der Waals surface area contributed by atoms with Gasteiger partial charge >= 0.3 is 6.03 Å². The van der Waals surface area contributed by atoms with Crippen LogP contribution in [0.3, 0.4) is 0 Å². The molecule has 6 nitrogen and oxygen atoms in total. The van der Waals surface area contributed by atoms with Crippen LogP contribution in [0.15, 0.2) is 18.2 Å². The van der Waals surface area contributed by atoms with E-state index in [1.54, 1.807) is 13.2 Å². The summed E-state index contributed by atoms with van der Waals surface area (Å²) < 4.78 is 4.89. The normalized spacial score (nSPS) is 14.0. The van der Waals surface area contributed by atoms with Gasteiger partial charge in [0.2, 0.25) is 0 Å². The molecule has 1 aliphatic rings. The highest BCUT2D eigenvalue weighted by atomic mass is 16.5. The van der Waals surface area contributed by atoms with Gasteiger partial charge in [-0.3, -0.25) is 4.79 Å². The third-order valence-corrected chi connectivity index (χ3v) is 3.72. The van der Waals surface area contributed by atoms with Gasteiger partial charge < -0.3 is 20.3 Å². The number of carbonyl (C=O) groups is 2. The second-order valence-electron chi connectivity index (χ2n) is 5.37. The number of methoxy groups -OCH3 is 1. The number of benzene rings is 1. The highest BCUT2D eigenvalue weighted by Gasteiger charge is 2.23. The molecule has 6 heteroatoms. The van der Waals surface area contributed by atoms with Crippen LogP contribution in [0.2, 0.25) is 0 Å². The first-order valence-electron chi connectivity index (χ1n) is 7.56. The van der Waals surface area contributed by atoms with E-state index >= 15 is 0 Å². The van der Waals surface area contributed by atoms with Crippen molar-refractivity contribution in [2.75, 3.05) is 38.7 Å². The number of urea groups is 1. The number of ether oxygens (including phenoxy) is 1. The molecule has 1 fully saturated rings. The van der Waals surface area contributed by atoms with Crippen molar-refractivity contribution in [1.29, 1.82) is 0 Å². The van der Waals surface area contributed by atoms with E-state index in [1.807, 2.05) is 24.0 Å². The predicted octanol–water partition coefficient (Wildman–Crippen LogP) is 2.00. The van der Waals surface area contributed by atoms with Gasteiger partial charge in [0, 0.05) is 26.7 Å². The molecule has 120 valence electrons. The van der Waals surface area contributed by atoms with Crippen LogP contribution >= 0.6 is 0 Å². The Hall–Kier alpha value is -2.08. The largest absolute Gasteiger partial charge is 0.383 e. The van der Waals surface area contributed by atoms with E-state index in [4.69, 9.17) is 4.74 Å². The molecule has 3 amide bonds. The minimum atomic E-state index is -0.335. The standard InChI is InChI=1S/C16H23N3O3/c1-12-6-5-7-13(18-16(21)17-8-11-22-2)14(12)15(20)19-9-3-4-10-19/h5-7H,3-4,8-11H2,1-2H3,(H2,17,18,21). The SMILES string of the molecule is COCCNC(=O)Nc1cccc(C)c1C(=O)N1CCCC1. The molecule has 1 saturated heterocycles. The van der Waals surface area contributed by atoms with Gasteiger partial charge in [0.25, 0.3) is 5.91 Å². The molecule has 1 aromatic carbocycles. The van der Waals surface area contributed by atoms with Crippen molar-refractivity contribution in [2.24, 2.45) is 0 Å². The lowest BCUT2D eigenvalue weighted by atomic mass is 10.1. The number of rotatable bonds is 5. The third-order valence-electron chi connectivity index (χ3n) is 3.72. The van der Waals surface area contributed by atoms with Gasteiger partial charge in [0.15, 0.2) is 0 Å². The van der Waals surface area contributed by atoms with Crippen molar-refractivity contribution in [3.05, 3.63) is 29.3 Å². The van der Waals surface area contributed by atoms with E-state index in [-0.39, 0.29) is 11.9 Å². The molecule has 0 aliphatic carbocycles. The number of nitrogens with one attached hydrogen (secondary N) is 2. The molecule has 0 unspecified atom stereocenters. The molecular weight excluding hydrogens is 282 g/mol. The summed E-state index contributed by atoms with van der Waals surface area (Å²) in [6.07, 6.45) is 2.08. The zero-order valence-electron chi connectivity index (χ0n) is 13.1. The Bertz CT molecular complexity index is 539. The van der Waals surface area contributed by atoms with Crippen LogP contribution in [0.5, 0.6) is 0 Å². The van der Waals surface area contributed by atoms with E-state index < -0.39 is 0 Å². The highest BCUT2D eigenvalue weighted by Crippen LogP contribution is 2.23. The summed E-state index contributed by atoms with van der Waals surface area (Å²) in [4.78, 5) is 26.4. The molecule has 1 aromatic rings. The number of amides is 3. The van der Waals surface area contributed by atoms with Crippen LogP contribution in [0.1, 0.15) is 28.8 Å². The molecule has 0 radical (unpaired) electrons. The van der Waals surface area contributed by atoms with Gasteiger partial charge in [-0.1, -0.05) is 12.1 Å². The van der Waals surface area contributed by atoms with Gasteiger partial charge in [-0.05, 0) is 31.4 Å². The van der Waals surface area contributed by atoms with Gasteiger partial charge in [0.05, 0.1) is 17.9 Å². The average Bonchev–Trinajstić information content (AvgIpc) is 3.01. The second-order valence-corrected chi connectivity index (χ2v) is 5.37. The van der Waals surface area contributed by atoms with Crippen molar-refractivity contribution in [3.8, 4) is 0 Å². The van der Waals surface area contributed by atoms with Gasteiger partial charge in [-0.25, -0.2) is 4.79 Å². The van der Waals surface area contributed by atoms with Crippen molar-refractivity contribution in [1.82, 2.24) is 10.2 Å². The summed E-state index contributed by atoms with van der Waals surface area (Å²) >= 11 is 0. The van der Waals surface area contributed by atoms with E-state index in [1.165, 1.54) is 0 Å². The molecule has 1 heterocycles. The summed E-state index contributed by atoms with van der Waals surface area (Å²) in [6.45, 7) is 4.32. The fourth-order valence-electron chi connectivity index (χ4n) is 2.57. The predicted molar refractivity (Wildman–Crippen MR) is 85.2 cm³/mol. The minimum absolute atomic E-state index is 0.0113. The molecule has 2 rings (SSSR count). The monoisotopic (exact) mass is 305 g/mol. The number of anilines is 1. The number of hydrogen-bond acceptors (Lipinski definition) is 3. The Labute approximate surface area is 130 Å². The maximum atomic E-state index is 12.7. The van der Waals surface area contributed by atoms with Crippen LogP contribution < -0.4 is 10.6 Å². The van der Waals surface area contributed by atoms with E-state index in [0.717, 1.165) is 31.5 Å². The average molecular weight is 305 g/mol. The van der Waals surface area contributed by atoms with Crippen molar-refractivity contribution >= 4 is 17.6 Å². The van der Waals surface area contributed by atoms with E-state index in [0.29, 0.717) is 24.4 Å². The first-order valence-corrected chi connectivity index (χ1v) is 7.56. The zero-order chi connectivity index (χ0) is 15.9. The summed E-state index contributed by atoms with van der Waals surface area (Å²) in [6, 6.07) is 5.14. The highest BCUT2D eigenvalue weighted by molar-refractivity contribution is 6.04. The molecule has 0 bridgehead atoms. The summed E-state index contributed by atoms with van der Waals surface area (Å²) in [5, 5.41) is 5.45. The summed E-state index contributed by atoms with van der Waals surface area (Å²) in [5.74, 6) is -0.0113. The Morgan fingerprint density at radius 2 is 2.00 bits per heavy atom. The fourth-order valence-corrected chi connectivity index (χ4v) is 2.57. The maximum absolute atomic E-state index is 12.7. The van der Waals surface area contributed by atoms with Crippen LogP contribution in [0, 0.1) is 6.92 Å². The smallest absolute Gasteiger partial charge is 0.319 e. The first kappa shape index (κ1) is 16.3. The Morgan fingerprint density at radius 3 is 2.68 bits per heavy atom. The molecule has 0 atom stereocenters. The molecule has 1 aliphatic heterocycles. The Balaban J connectivity index is 2.12. The lowest BCUT2D eigenvalue weighted by Gasteiger charge is -2.19. The topological polar surface area (TPSA) is 70.7 Å². The maximum Gasteiger partial charge on any atom is 0.319 e. The van der Waals surface area contributed by atoms with Crippen LogP contribution in [0.4, 0.5) is 10.5 Å². The van der Waals surface area contributed by atoms with Crippen LogP contribution in [0.25, 0.3) is 0 Å². The molecule has 2 N–H and O–H groups in total. The van der Waals surface area contributed by atoms with Crippen molar-refractivity contribution < 1.29 is 14.3 Å². The number of aryl methyl sites for hydroxylation is 1. The number of carbonyl (C=O) groups excluding carboxylic acids is 2. The number of nitrogens with zero attached hydrogens (tertiary/aromatic N) is 1. The van der Waals surface area contributed by atoms with Crippen molar-refractivity contribution in [3.63, 3.8) is 0 Å².